The molecule has 0 radical (unpaired) electrons. The molecule has 8 heteroatoms. The van der Waals surface area contributed by atoms with Crippen LogP contribution in [0.1, 0.15) is 12.8 Å². The Hall–Kier alpha value is -1.86. The van der Waals surface area contributed by atoms with E-state index >= 15 is 0 Å². The molecule has 0 saturated heterocycles. The number of rotatable bonds is 6. The Morgan fingerprint density at radius 1 is 1.35 bits per heavy atom. The SMILES string of the molecule is Cn1ncc(NCCCC(=O)Nc2ccc(Cl)cc2)c(Br)c1=O. The highest BCUT2D eigenvalue weighted by Crippen LogP contribution is 2.16. The van der Waals surface area contributed by atoms with Crippen molar-refractivity contribution < 1.29 is 4.79 Å². The van der Waals surface area contributed by atoms with Gasteiger partial charge in [-0.3, -0.25) is 9.59 Å². The molecule has 2 N–H and O–H groups in total. The van der Waals surface area contributed by atoms with Crippen LogP contribution in [0.2, 0.25) is 5.02 Å². The predicted octanol–water partition coefficient (Wildman–Crippen LogP) is 3.03. The van der Waals surface area contributed by atoms with Gasteiger partial charge in [-0.25, -0.2) is 4.68 Å². The second-order valence-electron chi connectivity index (χ2n) is 4.89. The number of amides is 1. The Morgan fingerprint density at radius 2 is 2.04 bits per heavy atom. The highest BCUT2D eigenvalue weighted by molar-refractivity contribution is 9.10. The molecule has 0 aliphatic carbocycles. The summed E-state index contributed by atoms with van der Waals surface area (Å²) >= 11 is 9.03. The van der Waals surface area contributed by atoms with Gasteiger partial charge in [0.2, 0.25) is 5.91 Å². The van der Waals surface area contributed by atoms with Gasteiger partial charge in [0.1, 0.15) is 4.47 Å². The zero-order valence-corrected chi connectivity index (χ0v) is 14.8. The van der Waals surface area contributed by atoms with Crippen molar-refractivity contribution in [3.8, 4) is 0 Å². The summed E-state index contributed by atoms with van der Waals surface area (Å²) in [5, 5.41) is 10.4. The van der Waals surface area contributed by atoms with Crippen molar-refractivity contribution in [3.63, 3.8) is 0 Å². The lowest BCUT2D eigenvalue weighted by atomic mass is 10.2. The fourth-order valence-electron chi connectivity index (χ4n) is 1.86. The van der Waals surface area contributed by atoms with Gasteiger partial charge in [-0.1, -0.05) is 11.6 Å². The van der Waals surface area contributed by atoms with Gasteiger partial charge in [0, 0.05) is 30.7 Å². The van der Waals surface area contributed by atoms with Crippen LogP contribution >= 0.6 is 27.5 Å². The number of nitrogens with one attached hydrogen (secondary N) is 2. The largest absolute Gasteiger partial charge is 0.383 e. The molecule has 0 aliphatic heterocycles. The van der Waals surface area contributed by atoms with Crippen molar-refractivity contribution in [1.29, 1.82) is 0 Å². The number of halogens is 2. The van der Waals surface area contributed by atoms with Crippen LogP contribution in [0.15, 0.2) is 39.7 Å². The van der Waals surface area contributed by atoms with E-state index in [4.69, 9.17) is 11.6 Å². The van der Waals surface area contributed by atoms with E-state index in [1.165, 1.54) is 4.68 Å². The van der Waals surface area contributed by atoms with E-state index in [0.717, 1.165) is 0 Å². The third-order valence-corrected chi connectivity index (χ3v) is 4.12. The van der Waals surface area contributed by atoms with Crippen LogP contribution in [-0.2, 0) is 11.8 Å². The van der Waals surface area contributed by atoms with Crippen LogP contribution in [0.25, 0.3) is 0 Å². The molecule has 122 valence electrons. The summed E-state index contributed by atoms with van der Waals surface area (Å²) in [4.78, 5) is 23.5. The number of carbonyl (C=O) groups is 1. The van der Waals surface area contributed by atoms with E-state index in [2.05, 4.69) is 31.7 Å². The number of aryl methyl sites for hydroxylation is 1. The number of aromatic nitrogens is 2. The number of carbonyl (C=O) groups excluding carboxylic acids is 1. The zero-order chi connectivity index (χ0) is 16.8. The van der Waals surface area contributed by atoms with Crippen molar-refractivity contribution in [1.82, 2.24) is 9.78 Å². The van der Waals surface area contributed by atoms with Crippen LogP contribution in [0.5, 0.6) is 0 Å². The molecule has 0 atom stereocenters. The number of hydrogen-bond acceptors (Lipinski definition) is 4. The first-order valence-electron chi connectivity index (χ1n) is 6.98. The summed E-state index contributed by atoms with van der Waals surface area (Å²) in [7, 11) is 1.58. The molecule has 6 nitrogen and oxygen atoms in total. The van der Waals surface area contributed by atoms with Crippen LogP contribution < -0.4 is 16.2 Å². The zero-order valence-electron chi connectivity index (χ0n) is 12.5. The maximum Gasteiger partial charge on any atom is 0.282 e. The monoisotopic (exact) mass is 398 g/mol. The standard InChI is InChI=1S/C15H16BrClN4O2/c1-21-15(23)14(16)12(9-19-21)18-8-2-3-13(22)20-11-6-4-10(17)5-7-11/h4-7,9,18H,2-3,8H2,1H3,(H,20,22). The number of hydrogen-bond donors (Lipinski definition) is 2. The topological polar surface area (TPSA) is 76.0 Å². The molecular weight excluding hydrogens is 384 g/mol. The fourth-order valence-corrected chi connectivity index (χ4v) is 2.49. The first-order chi connectivity index (χ1) is 11.0. The van der Waals surface area contributed by atoms with E-state index in [1.807, 2.05) is 0 Å². The van der Waals surface area contributed by atoms with Gasteiger partial charge < -0.3 is 10.6 Å². The molecule has 0 bridgehead atoms. The Morgan fingerprint density at radius 3 is 2.74 bits per heavy atom. The molecule has 0 unspecified atom stereocenters. The maximum atomic E-state index is 11.8. The summed E-state index contributed by atoms with van der Waals surface area (Å²) < 4.78 is 1.68. The number of benzene rings is 1. The first kappa shape index (κ1) is 17.5. The Labute approximate surface area is 147 Å². The summed E-state index contributed by atoms with van der Waals surface area (Å²) in [6.07, 6.45) is 2.56. The second-order valence-corrected chi connectivity index (χ2v) is 6.12. The Bertz CT molecular complexity index is 746. The maximum absolute atomic E-state index is 11.8. The molecular formula is C15H16BrClN4O2. The van der Waals surface area contributed by atoms with Gasteiger partial charge in [-0.15, -0.1) is 0 Å². The number of nitrogens with zero attached hydrogens (tertiary/aromatic N) is 2. The molecule has 0 spiro atoms. The molecule has 2 aromatic rings. The minimum Gasteiger partial charge on any atom is -0.383 e. The minimum absolute atomic E-state index is 0.0738. The van der Waals surface area contributed by atoms with E-state index in [1.54, 1.807) is 37.5 Å². The van der Waals surface area contributed by atoms with E-state index < -0.39 is 0 Å². The molecule has 0 aliphatic rings. The van der Waals surface area contributed by atoms with Gasteiger partial charge in [0.05, 0.1) is 11.9 Å². The molecule has 0 saturated carbocycles. The third-order valence-electron chi connectivity index (χ3n) is 3.10. The molecule has 2 rings (SSSR count). The number of anilines is 2. The molecule has 1 aromatic heterocycles. The minimum atomic E-state index is -0.213. The smallest absolute Gasteiger partial charge is 0.282 e. The highest BCUT2D eigenvalue weighted by Gasteiger charge is 2.07. The van der Waals surface area contributed by atoms with E-state index in [0.29, 0.717) is 40.3 Å². The second kappa shape index (κ2) is 8.12. The van der Waals surface area contributed by atoms with Crippen LogP contribution in [0.4, 0.5) is 11.4 Å². The predicted molar refractivity (Wildman–Crippen MR) is 95.0 cm³/mol. The van der Waals surface area contributed by atoms with Crippen molar-refractivity contribution in [2.75, 3.05) is 17.2 Å². The van der Waals surface area contributed by atoms with Crippen LogP contribution in [-0.4, -0.2) is 22.2 Å². The summed E-state index contributed by atoms with van der Waals surface area (Å²) in [6, 6.07) is 6.94. The lowest BCUT2D eigenvalue weighted by Crippen LogP contribution is -2.21. The Kier molecular flexibility index (Phi) is 6.18. The average Bonchev–Trinajstić information content (AvgIpc) is 2.53. The van der Waals surface area contributed by atoms with Gasteiger partial charge in [-0.05, 0) is 46.6 Å². The molecule has 1 aromatic carbocycles. The Balaban J connectivity index is 1.77. The normalized spacial score (nSPS) is 10.4. The molecule has 1 amide bonds. The van der Waals surface area contributed by atoms with Crippen molar-refractivity contribution in [2.45, 2.75) is 12.8 Å². The quantitative estimate of drug-likeness (QED) is 0.732. The lowest BCUT2D eigenvalue weighted by molar-refractivity contribution is -0.116. The van der Waals surface area contributed by atoms with E-state index in [-0.39, 0.29) is 11.5 Å². The van der Waals surface area contributed by atoms with Crippen LogP contribution in [0, 0.1) is 0 Å². The third kappa shape index (κ3) is 5.07. The first-order valence-corrected chi connectivity index (χ1v) is 8.15. The van der Waals surface area contributed by atoms with Crippen molar-refractivity contribution >= 4 is 44.8 Å². The molecule has 1 heterocycles. The summed E-state index contributed by atoms with van der Waals surface area (Å²) in [5.74, 6) is -0.0738. The van der Waals surface area contributed by atoms with Gasteiger partial charge in [0.15, 0.2) is 0 Å². The van der Waals surface area contributed by atoms with Crippen LogP contribution in [0.3, 0.4) is 0 Å². The van der Waals surface area contributed by atoms with Crippen molar-refractivity contribution in [3.05, 3.63) is 50.3 Å². The van der Waals surface area contributed by atoms with E-state index in [9.17, 15) is 9.59 Å². The van der Waals surface area contributed by atoms with Gasteiger partial charge in [0.25, 0.3) is 5.56 Å². The lowest BCUT2D eigenvalue weighted by Gasteiger charge is -2.09. The van der Waals surface area contributed by atoms with Gasteiger partial charge >= 0.3 is 0 Å². The summed E-state index contributed by atoms with van der Waals surface area (Å²) in [5.41, 5.74) is 1.12. The van der Waals surface area contributed by atoms with Crippen molar-refractivity contribution in [2.24, 2.45) is 7.05 Å². The summed E-state index contributed by atoms with van der Waals surface area (Å²) in [6.45, 7) is 0.557. The fraction of sp³-hybridized carbons (Fsp3) is 0.267. The van der Waals surface area contributed by atoms with Gasteiger partial charge in [-0.2, -0.15) is 5.10 Å². The molecule has 0 fully saturated rings. The highest BCUT2D eigenvalue weighted by atomic mass is 79.9. The molecule has 23 heavy (non-hydrogen) atoms. The average molecular weight is 400 g/mol.